The Hall–Kier alpha value is -2.52. The number of hydrogen-bond acceptors (Lipinski definition) is 8. The van der Waals surface area contributed by atoms with Crippen LogP contribution in [0.15, 0.2) is 24.3 Å². The average Bonchev–Trinajstić information content (AvgIpc) is 2.74. The van der Waals surface area contributed by atoms with Gasteiger partial charge in [-0.3, -0.25) is 4.79 Å². The molecule has 170 valence electrons. The number of nitrogens with zero attached hydrogens (tertiary/aromatic N) is 1. The van der Waals surface area contributed by atoms with E-state index in [4.69, 9.17) is 29.4 Å². The monoisotopic (exact) mass is 426 g/mol. The van der Waals surface area contributed by atoms with Gasteiger partial charge in [0.2, 0.25) is 6.29 Å². The van der Waals surface area contributed by atoms with Gasteiger partial charge in [-0.2, -0.15) is 0 Å². The van der Waals surface area contributed by atoms with Crippen molar-refractivity contribution in [2.45, 2.75) is 46.5 Å². The number of benzene rings is 1. The Bertz CT molecular complexity index is 642. The van der Waals surface area contributed by atoms with Gasteiger partial charge in [0.05, 0.1) is 26.3 Å². The number of amides is 1. The molecule has 1 aliphatic heterocycles. The summed E-state index contributed by atoms with van der Waals surface area (Å²) in [5.41, 5.74) is 5.16. The van der Waals surface area contributed by atoms with Crippen molar-refractivity contribution < 1.29 is 33.3 Å². The molecule has 2 atom stereocenters. The number of rotatable bonds is 8. The lowest BCUT2D eigenvalue weighted by atomic mass is 10.3. The maximum Gasteiger partial charge on any atom is 0.413 e. The summed E-state index contributed by atoms with van der Waals surface area (Å²) in [7, 11) is 0. The normalized spacial score (nSPS) is 16.6. The van der Waals surface area contributed by atoms with Gasteiger partial charge < -0.3 is 34.3 Å². The summed E-state index contributed by atoms with van der Waals surface area (Å²) in [6, 6.07) is 7.36. The van der Waals surface area contributed by atoms with E-state index in [2.05, 4.69) is 13.8 Å². The van der Waals surface area contributed by atoms with Crippen LogP contribution in [-0.4, -0.2) is 68.8 Å². The van der Waals surface area contributed by atoms with E-state index < -0.39 is 18.4 Å². The molecule has 1 aromatic rings. The lowest BCUT2D eigenvalue weighted by molar-refractivity contribution is -0.165. The van der Waals surface area contributed by atoms with Crippen molar-refractivity contribution in [3.8, 4) is 11.5 Å². The Kier molecular flexibility index (Phi) is 12.3. The molecule has 2 N–H and O–H groups in total. The van der Waals surface area contributed by atoms with E-state index in [0.29, 0.717) is 37.8 Å². The van der Waals surface area contributed by atoms with Crippen LogP contribution in [0.1, 0.15) is 34.1 Å². The minimum atomic E-state index is -1.01. The molecule has 0 radical (unpaired) electrons. The van der Waals surface area contributed by atoms with Crippen LogP contribution in [0.25, 0.3) is 0 Å². The fraction of sp³-hybridized carbons (Fsp3) is 0.619. The Labute approximate surface area is 178 Å². The van der Waals surface area contributed by atoms with E-state index in [1.807, 2.05) is 31.2 Å². The molecule has 30 heavy (non-hydrogen) atoms. The highest BCUT2D eigenvalue weighted by molar-refractivity contribution is 5.72. The van der Waals surface area contributed by atoms with Crippen LogP contribution in [0.3, 0.4) is 0 Å². The van der Waals surface area contributed by atoms with Crippen LogP contribution in [0, 0.1) is 0 Å². The molecule has 1 fully saturated rings. The molecule has 9 heteroatoms. The topological polar surface area (TPSA) is 110 Å². The maximum absolute atomic E-state index is 12.2. The molecule has 1 saturated heterocycles. The number of hydrogen-bond donors (Lipinski definition) is 1. The highest BCUT2D eigenvalue weighted by atomic mass is 16.7. The zero-order valence-corrected chi connectivity index (χ0v) is 18.3. The fourth-order valence-electron chi connectivity index (χ4n) is 2.49. The summed E-state index contributed by atoms with van der Waals surface area (Å²) in [6.45, 7) is 9.15. The minimum Gasteiger partial charge on any atom is -0.490 e. The number of carbonyl (C=O) groups excluding carboxylic acids is 2. The molecule has 9 nitrogen and oxygen atoms in total. The van der Waals surface area contributed by atoms with E-state index in [1.54, 1.807) is 0 Å². The third-order valence-electron chi connectivity index (χ3n) is 3.70. The highest BCUT2D eigenvalue weighted by Crippen LogP contribution is 2.26. The lowest BCUT2D eigenvalue weighted by Gasteiger charge is -2.32. The molecule has 0 aliphatic carbocycles. The second kappa shape index (κ2) is 14.5. The quantitative estimate of drug-likeness (QED) is 0.499. The number of ether oxygens (including phenoxy) is 5. The largest absolute Gasteiger partial charge is 0.490 e. The van der Waals surface area contributed by atoms with Gasteiger partial charge in [-0.1, -0.05) is 32.4 Å². The van der Waals surface area contributed by atoms with Crippen LogP contribution in [0.4, 0.5) is 4.79 Å². The SMILES string of the molecule is CCC.CCOc1ccccc1OCC1CN(C(=O)OC(C)OC(=O)CN)CCO1. The number of esters is 1. The molecule has 0 saturated carbocycles. The van der Waals surface area contributed by atoms with Crippen LogP contribution in [-0.2, 0) is 19.0 Å². The summed E-state index contributed by atoms with van der Waals surface area (Å²) >= 11 is 0. The summed E-state index contributed by atoms with van der Waals surface area (Å²) < 4.78 is 26.9. The molecular weight excluding hydrogens is 392 g/mol. The van der Waals surface area contributed by atoms with E-state index >= 15 is 0 Å². The number of morpholine rings is 1. The van der Waals surface area contributed by atoms with Gasteiger partial charge in [0.15, 0.2) is 11.5 Å². The molecule has 0 bridgehead atoms. The minimum absolute atomic E-state index is 0.256. The zero-order valence-electron chi connectivity index (χ0n) is 18.3. The van der Waals surface area contributed by atoms with Gasteiger partial charge in [-0.25, -0.2) is 4.79 Å². The Morgan fingerprint density at radius 3 is 2.40 bits per heavy atom. The van der Waals surface area contributed by atoms with Crippen LogP contribution >= 0.6 is 0 Å². The molecule has 1 amide bonds. The average molecular weight is 427 g/mol. The van der Waals surface area contributed by atoms with Gasteiger partial charge in [-0.05, 0) is 19.1 Å². The number of para-hydroxylation sites is 2. The number of carbonyl (C=O) groups is 2. The molecule has 1 aromatic carbocycles. The standard InChI is InChI=1S/C18H26N2O7.C3H8/c1-3-23-15-6-4-5-7-16(15)25-12-14-11-20(8-9-24-14)18(22)27-13(2)26-17(21)10-19;1-3-2/h4-7,13-14H,3,8-12,19H2,1-2H3;3H2,1-2H3. The molecule has 0 aromatic heterocycles. The van der Waals surface area contributed by atoms with Crippen LogP contribution in [0.2, 0.25) is 0 Å². The molecule has 1 heterocycles. The van der Waals surface area contributed by atoms with E-state index in [-0.39, 0.29) is 19.3 Å². The zero-order chi connectivity index (χ0) is 22.4. The van der Waals surface area contributed by atoms with E-state index in [9.17, 15) is 9.59 Å². The van der Waals surface area contributed by atoms with Crippen molar-refractivity contribution in [3.05, 3.63) is 24.3 Å². The Morgan fingerprint density at radius 1 is 1.17 bits per heavy atom. The first kappa shape index (κ1) is 25.5. The predicted molar refractivity (Wildman–Crippen MR) is 111 cm³/mol. The van der Waals surface area contributed by atoms with Crippen LogP contribution < -0.4 is 15.2 Å². The van der Waals surface area contributed by atoms with Crippen molar-refractivity contribution in [2.24, 2.45) is 5.73 Å². The van der Waals surface area contributed by atoms with Crippen molar-refractivity contribution in [3.63, 3.8) is 0 Å². The second-order valence-electron chi connectivity index (χ2n) is 6.48. The Balaban J connectivity index is 0.00000141. The summed E-state index contributed by atoms with van der Waals surface area (Å²) in [4.78, 5) is 24.8. The van der Waals surface area contributed by atoms with Gasteiger partial charge in [0.1, 0.15) is 12.7 Å². The summed E-state index contributed by atoms with van der Waals surface area (Å²) in [5, 5.41) is 0. The van der Waals surface area contributed by atoms with Crippen molar-refractivity contribution in [1.29, 1.82) is 0 Å². The number of nitrogens with two attached hydrogens (primary N) is 1. The van der Waals surface area contributed by atoms with Gasteiger partial charge in [0.25, 0.3) is 0 Å². The van der Waals surface area contributed by atoms with Crippen molar-refractivity contribution in [1.82, 2.24) is 4.90 Å². The van der Waals surface area contributed by atoms with Gasteiger partial charge >= 0.3 is 12.1 Å². The smallest absolute Gasteiger partial charge is 0.413 e. The third-order valence-corrected chi connectivity index (χ3v) is 3.70. The van der Waals surface area contributed by atoms with E-state index in [1.165, 1.54) is 18.2 Å². The Morgan fingerprint density at radius 2 is 1.80 bits per heavy atom. The molecular formula is C21H34N2O7. The third kappa shape index (κ3) is 9.32. The highest BCUT2D eigenvalue weighted by Gasteiger charge is 2.27. The fourth-order valence-corrected chi connectivity index (χ4v) is 2.49. The first-order valence-electron chi connectivity index (χ1n) is 10.3. The van der Waals surface area contributed by atoms with Crippen molar-refractivity contribution >= 4 is 12.1 Å². The van der Waals surface area contributed by atoms with Gasteiger partial charge in [0, 0.05) is 13.5 Å². The first-order chi connectivity index (χ1) is 14.4. The van der Waals surface area contributed by atoms with Crippen LogP contribution in [0.5, 0.6) is 11.5 Å². The molecule has 2 unspecified atom stereocenters. The first-order valence-corrected chi connectivity index (χ1v) is 10.3. The lowest BCUT2D eigenvalue weighted by Crippen LogP contribution is -2.48. The van der Waals surface area contributed by atoms with Crippen molar-refractivity contribution in [2.75, 3.05) is 39.5 Å². The second-order valence-corrected chi connectivity index (χ2v) is 6.48. The maximum atomic E-state index is 12.2. The van der Waals surface area contributed by atoms with Gasteiger partial charge in [-0.15, -0.1) is 0 Å². The molecule has 2 rings (SSSR count). The molecule has 1 aliphatic rings. The van der Waals surface area contributed by atoms with E-state index in [0.717, 1.165) is 0 Å². The summed E-state index contributed by atoms with van der Waals surface area (Å²) in [5.74, 6) is 0.629. The summed E-state index contributed by atoms with van der Waals surface area (Å²) in [6.07, 6.45) is -0.664. The predicted octanol–water partition coefficient (Wildman–Crippen LogP) is 2.57. The molecule has 0 spiro atoms.